The Hall–Kier alpha value is -3.09. The lowest BCUT2D eigenvalue weighted by molar-refractivity contribution is 0.0693. The Kier molecular flexibility index (Phi) is 4.43. The largest absolute Gasteiger partial charge is 0.496 e. The van der Waals surface area contributed by atoms with Gasteiger partial charge in [0.1, 0.15) is 11.3 Å². The molecule has 1 aliphatic rings. The van der Waals surface area contributed by atoms with Crippen molar-refractivity contribution in [3.63, 3.8) is 0 Å². The second kappa shape index (κ2) is 6.90. The van der Waals surface area contributed by atoms with Gasteiger partial charge in [-0.3, -0.25) is 9.48 Å². The highest BCUT2D eigenvalue weighted by atomic mass is 16.5. The van der Waals surface area contributed by atoms with E-state index in [9.17, 15) is 14.7 Å². The predicted molar refractivity (Wildman–Crippen MR) is 100 cm³/mol. The number of ether oxygens (including phenoxy) is 1. The topological polar surface area (TPSA) is 86.4 Å². The molecule has 2 aromatic heterocycles. The summed E-state index contributed by atoms with van der Waals surface area (Å²) in [5.41, 5.74) is 0.897. The predicted octanol–water partition coefficient (Wildman–Crippen LogP) is 3.26. The van der Waals surface area contributed by atoms with Crippen LogP contribution >= 0.6 is 0 Å². The quantitative estimate of drug-likeness (QED) is 0.765. The minimum absolute atomic E-state index is 0.0408. The van der Waals surface area contributed by atoms with Crippen molar-refractivity contribution in [3.05, 3.63) is 58.6 Å². The van der Waals surface area contributed by atoms with Gasteiger partial charge in [0, 0.05) is 36.0 Å². The van der Waals surface area contributed by atoms with Crippen LogP contribution in [-0.2, 0) is 0 Å². The Bertz CT molecular complexity index is 1040. The molecule has 0 bridgehead atoms. The first-order chi connectivity index (χ1) is 13.1. The second-order valence-electron chi connectivity index (χ2n) is 6.93. The summed E-state index contributed by atoms with van der Waals surface area (Å²) in [6.07, 6.45) is 7.42. The first-order valence-electron chi connectivity index (χ1n) is 9.04. The van der Waals surface area contributed by atoms with Gasteiger partial charge in [0.2, 0.25) is 0 Å². The third-order valence-corrected chi connectivity index (χ3v) is 5.36. The summed E-state index contributed by atoms with van der Waals surface area (Å²) >= 11 is 0. The molecule has 0 aliphatic heterocycles. The molecule has 0 saturated heterocycles. The van der Waals surface area contributed by atoms with Crippen molar-refractivity contribution in [1.29, 1.82) is 0 Å². The molecular formula is C20H21N3O4. The number of carboxylic acids is 1. The van der Waals surface area contributed by atoms with E-state index in [0.29, 0.717) is 5.75 Å². The van der Waals surface area contributed by atoms with Crippen LogP contribution in [0, 0.1) is 0 Å². The molecule has 0 radical (unpaired) electrons. The molecule has 4 rings (SSSR count). The minimum Gasteiger partial charge on any atom is -0.496 e. The summed E-state index contributed by atoms with van der Waals surface area (Å²) in [4.78, 5) is 23.4. The Morgan fingerprint density at radius 1 is 1.19 bits per heavy atom. The molecule has 7 heteroatoms. The number of benzene rings is 1. The average molecular weight is 367 g/mol. The monoisotopic (exact) mass is 367 g/mol. The third-order valence-electron chi connectivity index (χ3n) is 5.36. The number of hydrogen-bond acceptors (Lipinski definition) is 4. The van der Waals surface area contributed by atoms with E-state index in [-0.39, 0.29) is 23.2 Å². The number of methoxy groups -OCH3 is 1. The Balaban J connectivity index is 1.56. The van der Waals surface area contributed by atoms with Crippen molar-refractivity contribution < 1.29 is 14.6 Å². The smallest absolute Gasteiger partial charge is 0.339 e. The fraction of sp³-hybridized carbons (Fsp3) is 0.350. The Morgan fingerprint density at radius 3 is 2.59 bits per heavy atom. The van der Waals surface area contributed by atoms with E-state index in [0.717, 1.165) is 36.6 Å². The first kappa shape index (κ1) is 17.3. The van der Waals surface area contributed by atoms with Crippen LogP contribution in [0.25, 0.3) is 10.9 Å². The van der Waals surface area contributed by atoms with Gasteiger partial charge in [0.25, 0.3) is 5.56 Å². The molecule has 140 valence electrons. The standard InChI is InChI=1S/C20H21N3O4/c1-27-18-11-17-13(10-16(18)20(25)26)12-23(21-17)15-7-5-14(6-8-15)22-9-3-2-4-19(22)24/h2-4,9-12,14-15H,5-8H2,1H3,(H,25,26). The Labute approximate surface area is 155 Å². The van der Waals surface area contributed by atoms with Crippen LogP contribution in [0.15, 0.2) is 47.5 Å². The number of aromatic carboxylic acids is 1. The highest BCUT2D eigenvalue weighted by Gasteiger charge is 2.25. The van der Waals surface area contributed by atoms with Gasteiger partial charge in [-0.15, -0.1) is 0 Å². The number of aromatic nitrogens is 3. The highest BCUT2D eigenvalue weighted by molar-refractivity contribution is 5.96. The number of nitrogens with zero attached hydrogens (tertiary/aromatic N) is 3. The average Bonchev–Trinajstić information content (AvgIpc) is 3.10. The number of carboxylic acid groups (broad SMARTS) is 1. The van der Waals surface area contributed by atoms with Gasteiger partial charge in [-0.1, -0.05) is 6.07 Å². The van der Waals surface area contributed by atoms with Gasteiger partial charge >= 0.3 is 5.97 Å². The molecule has 1 aromatic carbocycles. The van der Waals surface area contributed by atoms with Crippen molar-refractivity contribution in [2.24, 2.45) is 0 Å². The Morgan fingerprint density at radius 2 is 1.93 bits per heavy atom. The lowest BCUT2D eigenvalue weighted by Gasteiger charge is -2.29. The van der Waals surface area contributed by atoms with Crippen molar-refractivity contribution in [2.45, 2.75) is 37.8 Å². The molecule has 0 atom stereocenters. The van der Waals surface area contributed by atoms with E-state index in [1.54, 1.807) is 24.3 Å². The third kappa shape index (κ3) is 3.20. The summed E-state index contributed by atoms with van der Waals surface area (Å²) in [5, 5.41) is 14.8. The molecule has 0 amide bonds. The summed E-state index contributed by atoms with van der Waals surface area (Å²) in [7, 11) is 1.46. The van der Waals surface area contributed by atoms with E-state index in [4.69, 9.17) is 4.74 Å². The minimum atomic E-state index is -1.02. The highest BCUT2D eigenvalue weighted by Crippen LogP contribution is 2.35. The van der Waals surface area contributed by atoms with E-state index in [1.807, 2.05) is 27.7 Å². The lowest BCUT2D eigenvalue weighted by Crippen LogP contribution is -2.27. The SMILES string of the molecule is COc1cc2nn(C3CCC(n4ccccc4=O)CC3)cc2cc1C(=O)O. The number of hydrogen-bond donors (Lipinski definition) is 1. The fourth-order valence-corrected chi connectivity index (χ4v) is 3.94. The number of fused-ring (bicyclic) bond motifs is 1. The normalized spacial score (nSPS) is 19.9. The summed E-state index contributed by atoms with van der Waals surface area (Å²) in [6.45, 7) is 0. The van der Waals surface area contributed by atoms with Gasteiger partial charge in [-0.2, -0.15) is 5.10 Å². The second-order valence-corrected chi connectivity index (χ2v) is 6.93. The number of pyridine rings is 1. The van der Waals surface area contributed by atoms with Crippen LogP contribution < -0.4 is 10.3 Å². The van der Waals surface area contributed by atoms with Crippen LogP contribution in [0.4, 0.5) is 0 Å². The molecule has 2 heterocycles. The molecular weight excluding hydrogens is 346 g/mol. The van der Waals surface area contributed by atoms with Crippen molar-refractivity contribution in [1.82, 2.24) is 14.3 Å². The zero-order valence-electron chi connectivity index (χ0n) is 15.0. The van der Waals surface area contributed by atoms with Gasteiger partial charge in [0.15, 0.2) is 0 Å². The van der Waals surface area contributed by atoms with Crippen LogP contribution in [0.5, 0.6) is 5.75 Å². The van der Waals surface area contributed by atoms with Gasteiger partial charge in [-0.25, -0.2) is 4.79 Å². The molecule has 1 fully saturated rings. The van der Waals surface area contributed by atoms with Crippen LogP contribution in [-0.4, -0.2) is 32.5 Å². The van der Waals surface area contributed by atoms with E-state index in [1.165, 1.54) is 7.11 Å². The van der Waals surface area contributed by atoms with Crippen LogP contribution in [0.1, 0.15) is 48.1 Å². The number of rotatable bonds is 4. The molecule has 7 nitrogen and oxygen atoms in total. The molecule has 0 spiro atoms. The molecule has 27 heavy (non-hydrogen) atoms. The van der Waals surface area contributed by atoms with E-state index < -0.39 is 5.97 Å². The van der Waals surface area contributed by atoms with Crippen molar-refractivity contribution >= 4 is 16.9 Å². The van der Waals surface area contributed by atoms with Crippen LogP contribution in [0.3, 0.4) is 0 Å². The summed E-state index contributed by atoms with van der Waals surface area (Å²) in [6, 6.07) is 8.99. The van der Waals surface area contributed by atoms with Crippen molar-refractivity contribution in [2.75, 3.05) is 7.11 Å². The number of carbonyl (C=O) groups is 1. The maximum Gasteiger partial charge on any atom is 0.339 e. The molecule has 1 saturated carbocycles. The van der Waals surface area contributed by atoms with Crippen molar-refractivity contribution in [3.8, 4) is 5.75 Å². The zero-order valence-corrected chi connectivity index (χ0v) is 15.0. The summed E-state index contributed by atoms with van der Waals surface area (Å²) in [5.74, 6) is -0.706. The fourth-order valence-electron chi connectivity index (χ4n) is 3.94. The zero-order chi connectivity index (χ0) is 19.0. The van der Waals surface area contributed by atoms with Gasteiger partial charge < -0.3 is 14.4 Å². The summed E-state index contributed by atoms with van der Waals surface area (Å²) < 4.78 is 8.93. The lowest BCUT2D eigenvalue weighted by atomic mass is 9.91. The molecule has 0 unspecified atom stereocenters. The maximum absolute atomic E-state index is 12.0. The van der Waals surface area contributed by atoms with Gasteiger partial charge in [0.05, 0.1) is 18.7 Å². The van der Waals surface area contributed by atoms with Gasteiger partial charge in [-0.05, 0) is 37.8 Å². The van der Waals surface area contributed by atoms with E-state index >= 15 is 0 Å². The van der Waals surface area contributed by atoms with E-state index in [2.05, 4.69) is 5.10 Å². The maximum atomic E-state index is 12.0. The van der Waals surface area contributed by atoms with Crippen LogP contribution in [0.2, 0.25) is 0 Å². The molecule has 1 aliphatic carbocycles. The molecule has 3 aromatic rings. The molecule has 1 N–H and O–H groups in total. The first-order valence-corrected chi connectivity index (χ1v) is 9.04.